The van der Waals surface area contributed by atoms with Crippen LogP contribution in [0, 0.1) is 62.8 Å². The average molecular weight is 1330 g/mol. The van der Waals surface area contributed by atoms with Gasteiger partial charge in [0.2, 0.25) is 11.9 Å². The maximum atomic E-state index is 14.0. The van der Waals surface area contributed by atoms with Gasteiger partial charge >= 0.3 is 12.4 Å². The van der Waals surface area contributed by atoms with Crippen LogP contribution >= 0.6 is 45.8 Å². The quantitative estimate of drug-likeness (QED) is 0.0559. The summed E-state index contributed by atoms with van der Waals surface area (Å²) in [6.07, 6.45) is -3.39. The number of rotatable bonds is 13. The predicted molar refractivity (Wildman–Crippen MR) is 317 cm³/mol. The summed E-state index contributed by atoms with van der Waals surface area (Å²) in [4.78, 5) is 18.1. The van der Waals surface area contributed by atoms with Crippen LogP contribution in [-0.2, 0) is 11.1 Å². The van der Waals surface area contributed by atoms with Crippen LogP contribution in [0.2, 0.25) is 10.0 Å². The second kappa shape index (κ2) is 24.4. The molecule has 0 aliphatic heterocycles. The molecule has 0 unspecified atom stereocenters. The van der Waals surface area contributed by atoms with Crippen LogP contribution in [0.4, 0.5) is 52.2 Å². The highest BCUT2D eigenvalue weighted by molar-refractivity contribution is 14.1. The molecule has 2 aliphatic carbocycles. The van der Waals surface area contributed by atoms with Crippen molar-refractivity contribution in [1.29, 1.82) is 10.5 Å². The molecule has 8 aromatic rings. The fourth-order valence-corrected chi connectivity index (χ4v) is 10.9. The van der Waals surface area contributed by atoms with E-state index in [1.54, 1.807) is 45.1 Å². The summed E-state index contributed by atoms with van der Waals surface area (Å²) in [5.74, 6) is -1.30. The fraction of sp³-hybridized carbons (Fsp3) is 0.414. The molecule has 2 fully saturated rings. The topological polar surface area (TPSA) is 200 Å². The summed E-state index contributed by atoms with van der Waals surface area (Å²) in [7, 11) is 3.37. The molecular weight excluding hydrogens is 1270 g/mol. The van der Waals surface area contributed by atoms with Crippen LogP contribution < -0.4 is 20.9 Å². The molecule has 0 spiro atoms. The zero-order valence-corrected chi connectivity index (χ0v) is 51.5. The number of hydrogen-bond donors (Lipinski definition) is 3. The largest absolute Gasteiger partial charge is 0.413 e. The molecule has 2 aliphatic rings. The first-order valence-electron chi connectivity index (χ1n) is 26.6. The van der Waals surface area contributed by atoms with Crippen molar-refractivity contribution < 1.29 is 35.1 Å². The van der Waals surface area contributed by atoms with Gasteiger partial charge in [-0.15, -0.1) is 10.2 Å². The van der Waals surface area contributed by atoms with Crippen molar-refractivity contribution in [2.45, 2.75) is 117 Å². The van der Waals surface area contributed by atoms with E-state index in [9.17, 15) is 45.6 Å². The van der Waals surface area contributed by atoms with E-state index in [0.29, 0.717) is 78.2 Å². The molecule has 10 rings (SSSR count). The molecule has 2 saturated carbocycles. The third kappa shape index (κ3) is 13.8. The zero-order chi connectivity index (χ0) is 62.4. The van der Waals surface area contributed by atoms with Crippen molar-refractivity contribution in [3.63, 3.8) is 0 Å². The lowest BCUT2D eigenvalue weighted by Gasteiger charge is -2.30. The molecule has 0 radical (unpaired) electrons. The number of alkyl halides is 6. The van der Waals surface area contributed by atoms with E-state index in [0.717, 1.165) is 36.1 Å². The molecule has 0 saturated heterocycles. The Morgan fingerprint density at radius 2 is 1.11 bits per heavy atom. The van der Waals surface area contributed by atoms with Crippen LogP contribution in [0.5, 0.6) is 0 Å². The van der Waals surface area contributed by atoms with Crippen LogP contribution in [0.3, 0.4) is 0 Å². The van der Waals surface area contributed by atoms with Gasteiger partial charge in [-0.1, -0.05) is 87.3 Å². The number of nitrogens with one attached hydrogen (secondary N) is 3. The average Bonchev–Trinajstić information content (AvgIpc) is 1.94. The van der Waals surface area contributed by atoms with Gasteiger partial charge in [-0.3, -0.25) is 9.97 Å². The second-order valence-corrected chi connectivity index (χ2v) is 25.4. The highest BCUT2D eigenvalue weighted by Gasteiger charge is 2.67. The number of halogens is 11. The van der Waals surface area contributed by atoms with Gasteiger partial charge in [0.15, 0.2) is 11.1 Å². The molecule has 0 bridgehead atoms. The van der Waals surface area contributed by atoms with E-state index in [1.807, 2.05) is 18.2 Å². The fourth-order valence-electron chi connectivity index (χ4n) is 9.54. The van der Waals surface area contributed by atoms with Gasteiger partial charge in [-0.25, -0.2) is 19.3 Å². The minimum Gasteiger partial charge on any atom is -0.383 e. The molecule has 27 heteroatoms. The molecule has 16 nitrogen and oxygen atoms in total. The molecule has 85 heavy (non-hydrogen) atoms. The number of aromatic nitrogens is 10. The van der Waals surface area contributed by atoms with Gasteiger partial charge in [0.25, 0.3) is 0 Å². The first-order chi connectivity index (χ1) is 39.7. The first kappa shape index (κ1) is 63.9. The van der Waals surface area contributed by atoms with Crippen molar-refractivity contribution >= 4 is 84.7 Å². The van der Waals surface area contributed by atoms with E-state index in [1.165, 1.54) is 42.9 Å². The van der Waals surface area contributed by atoms with Crippen LogP contribution in [0.25, 0.3) is 21.8 Å². The Balaban J connectivity index is 0.000000184. The van der Waals surface area contributed by atoms with Crippen molar-refractivity contribution in [2.75, 3.05) is 42.7 Å². The zero-order valence-electron chi connectivity index (χ0n) is 47.8. The molecule has 6 heterocycles. The summed E-state index contributed by atoms with van der Waals surface area (Å²) >= 11 is 15.2. The van der Waals surface area contributed by atoms with Gasteiger partial charge in [0.1, 0.15) is 29.6 Å². The standard InChI is InChI=1S/C29H29ClF4N8.C15H15ClIN3.C14H15F4N5/c1-16-19(6-7-23(31)38-16)26(22-14-42(40-39-22)28(8-9-28)29(32,33)34)41(5)18-10-20-24(37-15-27(2,3)4)17(12-35)13-36-25(20)21(30)11-18;1-15(2,3)8-20-13-9(6-18)7-19-14-11(13)4-10(17)5-12(14)16;1-8-9(3-4-11(15)20-8)12(19-2)10-7-23(22-21-10)13(5-6-13)14(16,17)18/h6-7,10-11,13-14,26H,8-9,15H2,1-5H3,(H,36,37);4-5,7H,8H2,1-3H3,(H,19,20);3-4,7,12,19H,5-6H2,1-2H3/t26-;;12-/m0.0/s1. The van der Waals surface area contributed by atoms with E-state index in [4.69, 9.17) is 23.2 Å². The Bertz CT molecular complexity index is 3870. The molecule has 2 aromatic carbocycles. The van der Waals surface area contributed by atoms with E-state index < -0.39 is 47.4 Å². The van der Waals surface area contributed by atoms with Gasteiger partial charge in [-0.05, 0) is 122 Å². The first-order valence-corrected chi connectivity index (χ1v) is 28.4. The van der Waals surface area contributed by atoms with Crippen molar-refractivity contribution in [3.8, 4) is 12.1 Å². The number of nitriles is 2. The van der Waals surface area contributed by atoms with Crippen molar-refractivity contribution in [3.05, 3.63) is 144 Å². The maximum Gasteiger partial charge on any atom is 0.413 e. The third-order valence-electron chi connectivity index (χ3n) is 14.5. The molecular formula is C58H59Cl2F8IN16. The summed E-state index contributed by atoms with van der Waals surface area (Å²) < 4.78 is 111. The van der Waals surface area contributed by atoms with E-state index in [-0.39, 0.29) is 42.2 Å². The predicted octanol–water partition coefficient (Wildman–Crippen LogP) is 14.2. The van der Waals surface area contributed by atoms with E-state index in [2.05, 4.69) is 133 Å². The number of pyridine rings is 4. The van der Waals surface area contributed by atoms with Gasteiger partial charge < -0.3 is 20.9 Å². The summed E-state index contributed by atoms with van der Waals surface area (Å²) in [5, 5.41) is 46.8. The minimum absolute atomic E-state index is 0.000647. The van der Waals surface area contributed by atoms with Crippen LogP contribution in [0.15, 0.2) is 73.3 Å². The molecule has 448 valence electrons. The van der Waals surface area contributed by atoms with E-state index >= 15 is 0 Å². The van der Waals surface area contributed by atoms with Gasteiger partial charge in [0.05, 0.1) is 62.0 Å². The highest BCUT2D eigenvalue weighted by atomic mass is 127. The lowest BCUT2D eigenvalue weighted by atomic mass is 9.96. The van der Waals surface area contributed by atoms with Crippen molar-refractivity contribution in [2.24, 2.45) is 10.8 Å². The number of anilines is 3. The molecule has 2 atom stereocenters. The smallest absolute Gasteiger partial charge is 0.383 e. The lowest BCUT2D eigenvalue weighted by Crippen LogP contribution is -2.35. The van der Waals surface area contributed by atoms with Gasteiger partial charge in [-0.2, -0.15) is 45.6 Å². The maximum absolute atomic E-state index is 14.0. The Labute approximate surface area is 508 Å². The van der Waals surface area contributed by atoms with Gasteiger partial charge in [0, 0.05) is 69.5 Å². The highest BCUT2D eigenvalue weighted by Crippen LogP contribution is 2.56. The molecule has 6 aromatic heterocycles. The van der Waals surface area contributed by atoms with Crippen LogP contribution in [0.1, 0.15) is 124 Å². The number of benzene rings is 2. The van der Waals surface area contributed by atoms with Crippen LogP contribution in [-0.4, -0.2) is 89.5 Å². The number of aryl methyl sites for hydroxylation is 2. The lowest BCUT2D eigenvalue weighted by molar-refractivity contribution is -0.183. The number of nitrogens with zero attached hydrogens (tertiary/aromatic N) is 13. The normalized spacial score (nSPS) is 15.1. The summed E-state index contributed by atoms with van der Waals surface area (Å²) in [5.41, 5.74) is 2.51. The second-order valence-electron chi connectivity index (χ2n) is 23.3. The number of fused-ring (bicyclic) bond motifs is 2. The summed E-state index contributed by atoms with van der Waals surface area (Å²) in [6, 6.07) is 15.9. The van der Waals surface area contributed by atoms with Crippen molar-refractivity contribution in [1.82, 2.24) is 55.2 Å². The molecule has 3 N–H and O–H groups in total. The minimum atomic E-state index is -4.49. The Morgan fingerprint density at radius 3 is 1.53 bits per heavy atom. The summed E-state index contributed by atoms with van der Waals surface area (Å²) in [6.45, 7) is 17.2. The SMILES string of the molecule is CC(C)(C)CNc1c(C#N)cnc2c(Cl)cc(I)cc12.CN[C@H](c1cn(C2(C(F)(F)F)CC2)nn1)c1ccc(F)nc1C.Cc1nc(F)ccc1[C@@H](c1cn(C2(C(F)(F)F)CC2)nn1)N(C)c1cc(Cl)c2ncc(C#N)c(NCC(C)(C)C)c2c1. The Hall–Kier alpha value is -7.07. The Kier molecular flexibility index (Phi) is 18.3. The Morgan fingerprint density at radius 1 is 0.671 bits per heavy atom. The monoisotopic (exact) mass is 1330 g/mol. The molecule has 0 amide bonds. The third-order valence-corrected chi connectivity index (χ3v) is 15.7. The number of hydrogen-bond acceptors (Lipinski definition) is 14.